The number of anilines is 1. The molecule has 1 saturated heterocycles. The van der Waals surface area contributed by atoms with E-state index in [0.29, 0.717) is 11.2 Å². The third kappa shape index (κ3) is 2.69. The molecule has 0 radical (unpaired) electrons. The van der Waals surface area contributed by atoms with Crippen LogP contribution in [0.25, 0.3) is 0 Å². The molecular weight excluding hydrogens is 206 g/mol. The number of hydrogen-bond donors (Lipinski definition) is 1. The van der Waals surface area contributed by atoms with Crippen molar-refractivity contribution in [3.63, 3.8) is 0 Å². The lowest BCUT2D eigenvalue weighted by molar-refractivity contribution is 0.118. The van der Waals surface area contributed by atoms with Crippen LogP contribution < -0.4 is 5.73 Å². The first-order valence-corrected chi connectivity index (χ1v) is 6.41. The molecule has 2 atom stereocenters. The lowest BCUT2D eigenvalue weighted by atomic mass is 9.95. The van der Waals surface area contributed by atoms with Gasteiger partial charge in [-0.3, -0.25) is 4.90 Å². The molecule has 0 saturated carbocycles. The molecule has 4 heteroatoms. The summed E-state index contributed by atoms with van der Waals surface area (Å²) < 4.78 is 0. The average Bonchev–Trinajstić information content (AvgIpc) is 2.58. The first-order valence-electron chi connectivity index (χ1n) is 5.59. The Morgan fingerprint density at radius 2 is 2.33 bits per heavy atom. The minimum Gasteiger partial charge on any atom is -0.375 e. The molecule has 0 amide bonds. The van der Waals surface area contributed by atoms with Crippen LogP contribution >= 0.6 is 11.3 Å². The van der Waals surface area contributed by atoms with E-state index in [1.807, 2.05) is 6.20 Å². The fourth-order valence-corrected chi connectivity index (χ4v) is 2.91. The standard InChI is InChI=1S/C11H19N3S/c1-8-3-4-9(2)14(6-8)7-10-5-13-11(12)15-10/h5,8-9H,3-4,6-7H2,1-2H3,(H2,12,13). The molecule has 2 N–H and O–H groups in total. The van der Waals surface area contributed by atoms with Gasteiger partial charge in [0, 0.05) is 30.2 Å². The summed E-state index contributed by atoms with van der Waals surface area (Å²) in [6, 6.07) is 0.699. The molecule has 84 valence electrons. The molecule has 3 nitrogen and oxygen atoms in total. The predicted molar refractivity (Wildman–Crippen MR) is 64.8 cm³/mol. The van der Waals surface area contributed by atoms with Gasteiger partial charge >= 0.3 is 0 Å². The highest BCUT2D eigenvalue weighted by atomic mass is 32.1. The maximum Gasteiger partial charge on any atom is 0.180 e. The summed E-state index contributed by atoms with van der Waals surface area (Å²) in [5, 5.41) is 0.683. The number of piperidine rings is 1. The van der Waals surface area contributed by atoms with E-state index in [2.05, 4.69) is 23.7 Å². The van der Waals surface area contributed by atoms with Crippen molar-refractivity contribution < 1.29 is 0 Å². The third-order valence-electron chi connectivity index (χ3n) is 3.18. The lowest BCUT2D eigenvalue weighted by Crippen LogP contribution is -2.40. The minimum absolute atomic E-state index is 0.683. The zero-order valence-corrected chi connectivity index (χ0v) is 10.3. The van der Waals surface area contributed by atoms with Crippen LogP contribution in [-0.2, 0) is 6.54 Å². The van der Waals surface area contributed by atoms with Gasteiger partial charge in [-0.1, -0.05) is 6.92 Å². The van der Waals surface area contributed by atoms with Gasteiger partial charge in [-0.15, -0.1) is 11.3 Å². The molecular formula is C11H19N3S. The monoisotopic (exact) mass is 225 g/mol. The Bertz CT molecular complexity index is 323. The van der Waals surface area contributed by atoms with Crippen LogP contribution in [0.2, 0.25) is 0 Å². The van der Waals surface area contributed by atoms with Crippen LogP contribution in [0.5, 0.6) is 0 Å². The molecule has 0 aromatic carbocycles. The second-order valence-electron chi connectivity index (χ2n) is 4.63. The Morgan fingerprint density at radius 1 is 1.53 bits per heavy atom. The summed E-state index contributed by atoms with van der Waals surface area (Å²) in [4.78, 5) is 7.92. The number of thiazole rings is 1. The Labute approximate surface area is 95.3 Å². The van der Waals surface area contributed by atoms with Gasteiger partial charge in [0.15, 0.2) is 5.13 Å². The fourth-order valence-electron chi connectivity index (χ4n) is 2.20. The van der Waals surface area contributed by atoms with E-state index in [0.717, 1.165) is 12.5 Å². The Balaban J connectivity index is 1.98. The summed E-state index contributed by atoms with van der Waals surface area (Å²) in [7, 11) is 0. The summed E-state index contributed by atoms with van der Waals surface area (Å²) in [6.07, 6.45) is 4.59. The first kappa shape index (κ1) is 10.9. The number of hydrogen-bond acceptors (Lipinski definition) is 4. The highest BCUT2D eigenvalue weighted by molar-refractivity contribution is 7.15. The maximum absolute atomic E-state index is 5.63. The topological polar surface area (TPSA) is 42.2 Å². The quantitative estimate of drug-likeness (QED) is 0.840. The zero-order valence-electron chi connectivity index (χ0n) is 9.44. The molecule has 1 aliphatic rings. The molecule has 1 fully saturated rings. The molecule has 2 unspecified atom stereocenters. The Morgan fingerprint density at radius 3 is 3.00 bits per heavy atom. The van der Waals surface area contributed by atoms with Crippen LogP contribution in [0.1, 0.15) is 31.6 Å². The molecule has 1 aliphatic heterocycles. The van der Waals surface area contributed by atoms with Crippen molar-refractivity contribution >= 4 is 16.5 Å². The van der Waals surface area contributed by atoms with Crippen molar-refractivity contribution in [1.29, 1.82) is 0 Å². The highest BCUT2D eigenvalue weighted by Gasteiger charge is 2.23. The predicted octanol–water partition coefficient (Wildman–Crippen LogP) is 2.35. The molecule has 0 bridgehead atoms. The minimum atomic E-state index is 0.683. The van der Waals surface area contributed by atoms with Crippen LogP contribution in [0, 0.1) is 5.92 Å². The third-order valence-corrected chi connectivity index (χ3v) is 3.99. The van der Waals surface area contributed by atoms with Gasteiger partial charge in [0.25, 0.3) is 0 Å². The zero-order chi connectivity index (χ0) is 10.8. The van der Waals surface area contributed by atoms with Gasteiger partial charge in [-0.2, -0.15) is 0 Å². The molecule has 0 aliphatic carbocycles. The van der Waals surface area contributed by atoms with Gasteiger partial charge in [0.05, 0.1) is 0 Å². The number of nitrogens with two attached hydrogens (primary N) is 1. The Hall–Kier alpha value is -0.610. The fraction of sp³-hybridized carbons (Fsp3) is 0.727. The van der Waals surface area contributed by atoms with Crippen LogP contribution in [-0.4, -0.2) is 22.5 Å². The molecule has 2 rings (SSSR count). The van der Waals surface area contributed by atoms with Gasteiger partial charge < -0.3 is 5.73 Å². The van der Waals surface area contributed by atoms with E-state index in [1.165, 1.54) is 24.3 Å². The van der Waals surface area contributed by atoms with E-state index in [1.54, 1.807) is 11.3 Å². The summed E-state index contributed by atoms with van der Waals surface area (Å²) >= 11 is 1.61. The van der Waals surface area contributed by atoms with Crippen molar-refractivity contribution in [2.24, 2.45) is 5.92 Å². The SMILES string of the molecule is CC1CCC(C)N(Cc2cnc(N)s2)C1. The summed E-state index contributed by atoms with van der Waals surface area (Å²) in [5.41, 5.74) is 5.63. The van der Waals surface area contributed by atoms with E-state index in [9.17, 15) is 0 Å². The molecule has 2 heterocycles. The number of rotatable bonds is 2. The van der Waals surface area contributed by atoms with Crippen molar-refractivity contribution in [1.82, 2.24) is 9.88 Å². The van der Waals surface area contributed by atoms with Crippen molar-refractivity contribution in [3.05, 3.63) is 11.1 Å². The van der Waals surface area contributed by atoms with Crippen molar-refractivity contribution in [2.45, 2.75) is 39.3 Å². The van der Waals surface area contributed by atoms with Crippen LogP contribution in [0.15, 0.2) is 6.20 Å². The van der Waals surface area contributed by atoms with Gasteiger partial charge in [0.1, 0.15) is 0 Å². The largest absolute Gasteiger partial charge is 0.375 e. The first-order chi connectivity index (χ1) is 7.15. The van der Waals surface area contributed by atoms with Crippen LogP contribution in [0.4, 0.5) is 5.13 Å². The normalized spacial score (nSPS) is 28.1. The smallest absolute Gasteiger partial charge is 0.180 e. The average molecular weight is 225 g/mol. The van der Waals surface area contributed by atoms with Crippen molar-refractivity contribution in [3.8, 4) is 0 Å². The summed E-state index contributed by atoms with van der Waals surface area (Å²) in [5.74, 6) is 0.825. The van der Waals surface area contributed by atoms with Gasteiger partial charge in [0.2, 0.25) is 0 Å². The molecule has 15 heavy (non-hydrogen) atoms. The number of nitrogen functional groups attached to an aromatic ring is 1. The maximum atomic E-state index is 5.63. The number of likely N-dealkylation sites (tertiary alicyclic amines) is 1. The Kier molecular flexibility index (Phi) is 3.26. The molecule has 1 aromatic heterocycles. The van der Waals surface area contributed by atoms with Gasteiger partial charge in [-0.25, -0.2) is 4.98 Å². The van der Waals surface area contributed by atoms with Gasteiger partial charge in [-0.05, 0) is 25.7 Å². The lowest BCUT2D eigenvalue weighted by Gasteiger charge is -2.36. The van der Waals surface area contributed by atoms with E-state index in [-0.39, 0.29) is 0 Å². The number of aromatic nitrogens is 1. The van der Waals surface area contributed by atoms with Crippen LogP contribution in [0.3, 0.4) is 0 Å². The second-order valence-corrected chi connectivity index (χ2v) is 5.77. The van der Waals surface area contributed by atoms with E-state index in [4.69, 9.17) is 5.73 Å². The van der Waals surface area contributed by atoms with Crippen molar-refractivity contribution in [2.75, 3.05) is 12.3 Å². The summed E-state index contributed by atoms with van der Waals surface area (Å²) in [6.45, 7) is 6.87. The number of nitrogens with zero attached hydrogens (tertiary/aromatic N) is 2. The van der Waals surface area contributed by atoms with E-state index >= 15 is 0 Å². The second kappa shape index (κ2) is 4.49. The van der Waals surface area contributed by atoms with E-state index < -0.39 is 0 Å². The molecule has 0 spiro atoms. The molecule has 1 aromatic rings. The highest BCUT2D eigenvalue weighted by Crippen LogP contribution is 2.25.